The van der Waals surface area contributed by atoms with Gasteiger partial charge in [-0.3, -0.25) is 4.79 Å². The minimum absolute atomic E-state index is 0.0939. The molecule has 3 heterocycles. The first-order chi connectivity index (χ1) is 17.7. The Bertz CT molecular complexity index is 1430. The first kappa shape index (κ1) is 25.4. The van der Waals surface area contributed by atoms with Crippen molar-refractivity contribution in [1.29, 1.82) is 0 Å². The zero-order valence-corrected chi connectivity index (χ0v) is 21.6. The van der Waals surface area contributed by atoms with Crippen LogP contribution in [0.2, 0.25) is 5.02 Å². The maximum atomic E-state index is 12.9. The van der Waals surface area contributed by atoms with Crippen molar-refractivity contribution in [2.24, 2.45) is 11.1 Å². The van der Waals surface area contributed by atoms with E-state index in [-0.39, 0.29) is 11.8 Å². The fourth-order valence-electron chi connectivity index (χ4n) is 4.70. The number of halogens is 1. The van der Waals surface area contributed by atoms with Gasteiger partial charge in [0.25, 0.3) is 10.2 Å². The SMILES string of the molecule is NS(=O)(=O)N1CCC(CC(=O)Nc2ccc3cc2CCc2cccc(c2)Nc2ncc(Cl)c(n2)N3)CC1. The average Bonchev–Trinajstić information content (AvgIpc) is 2.86. The first-order valence-corrected chi connectivity index (χ1v) is 14.0. The molecule has 6 bridgehead atoms. The minimum Gasteiger partial charge on any atom is -0.339 e. The normalized spacial score (nSPS) is 16.4. The molecule has 0 spiro atoms. The predicted molar refractivity (Wildman–Crippen MR) is 145 cm³/mol. The smallest absolute Gasteiger partial charge is 0.276 e. The molecule has 1 saturated heterocycles. The monoisotopic (exact) mass is 541 g/mol. The van der Waals surface area contributed by atoms with E-state index in [1.165, 1.54) is 4.31 Å². The second kappa shape index (κ2) is 10.6. The Morgan fingerprint density at radius 1 is 1.11 bits per heavy atom. The Morgan fingerprint density at radius 2 is 1.89 bits per heavy atom. The summed E-state index contributed by atoms with van der Waals surface area (Å²) in [5.41, 5.74) is 4.52. The molecule has 2 aliphatic rings. The van der Waals surface area contributed by atoms with Crippen molar-refractivity contribution in [3.8, 4) is 0 Å². The van der Waals surface area contributed by atoms with Gasteiger partial charge in [-0.25, -0.2) is 10.1 Å². The van der Waals surface area contributed by atoms with E-state index in [2.05, 4.69) is 38.1 Å². The Morgan fingerprint density at radius 3 is 2.68 bits per heavy atom. The summed E-state index contributed by atoms with van der Waals surface area (Å²) in [6.45, 7) is 0.674. The van der Waals surface area contributed by atoms with Crippen LogP contribution in [0.25, 0.3) is 0 Å². The number of nitrogens with zero attached hydrogens (tertiary/aromatic N) is 3. The van der Waals surface area contributed by atoms with Gasteiger partial charge in [0.15, 0.2) is 5.82 Å². The summed E-state index contributed by atoms with van der Waals surface area (Å²) in [6, 6.07) is 13.8. The zero-order chi connectivity index (χ0) is 26.0. The molecule has 0 unspecified atom stereocenters. The van der Waals surface area contributed by atoms with E-state index in [1.807, 2.05) is 30.3 Å². The van der Waals surface area contributed by atoms with E-state index in [4.69, 9.17) is 16.7 Å². The fraction of sp³-hybridized carbons (Fsp3) is 0.320. The molecule has 0 radical (unpaired) electrons. The van der Waals surface area contributed by atoms with Gasteiger partial charge in [0, 0.05) is 36.6 Å². The van der Waals surface area contributed by atoms with Crippen LogP contribution in [-0.4, -0.2) is 41.7 Å². The van der Waals surface area contributed by atoms with Crippen LogP contribution in [0.5, 0.6) is 0 Å². The number of carbonyl (C=O) groups is 1. The number of anilines is 5. The lowest BCUT2D eigenvalue weighted by atomic mass is 9.94. The van der Waals surface area contributed by atoms with E-state index >= 15 is 0 Å². The number of carbonyl (C=O) groups excluding carboxylic acids is 1. The van der Waals surface area contributed by atoms with Gasteiger partial charge in [-0.15, -0.1) is 0 Å². The number of benzene rings is 2. The van der Waals surface area contributed by atoms with Gasteiger partial charge in [-0.2, -0.15) is 17.7 Å². The summed E-state index contributed by atoms with van der Waals surface area (Å²) in [5, 5.41) is 15.2. The maximum absolute atomic E-state index is 12.9. The molecule has 0 saturated carbocycles. The first-order valence-electron chi connectivity index (χ1n) is 12.1. The molecule has 5 rings (SSSR count). The number of aromatic nitrogens is 2. The lowest BCUT2D eigenvalue weighted by Gasteiger charge is -2.29. The van der Waals surface area contributed by atoms with Crippen molar-refractivity contribution < 1.29 is 13.2 Å². The lowest BCUT2D eigenvalue weighted by molar-refractivity contribution is -0.117. The summed E-state index contributed by atoms with van der Waals surface area (Å²) < 4.78 is 24.3. The highest BCUT2D eigenvalue weighted by Crippen LogP contribution is 2.30. The predicted octanol–water partition coefficient (Wildman–Crippen LogP) is 3.96. The summed E-state index contributed by atoms with van der Waals surface area (Å²) in [4.78, 5) is 21.7. The molecular formula is C25H28ClN7O3S. The Balaban J connectivity index is 1.35. The molecule has 10 nitrogen and oxygen atoms in total. The van der Waals surface area contributed by atoms with E-state index in [9.17, 15) is 13.2 Å². The fourth-order valence-corrected chi connectivity index (χ4v) is 5.55. The van der Waals surface area contributed by atoms with Crippen molar-refractivity contribution in [1.82, 2.24) is 14.3 Å². The van der Waals surface area contributed by atoms with Gasteiger partial charge in [-0.05, 0) is 73.1 Å². The molecule has 2 aliphatic heterocycles. The number of hydrogen-bond acceptors (Lipinski definition) is 7. The van der Waals surface area contributed by atoms with Crippen LogP contribution in [0.4, 0.5) is 28.8 Å². The van der Waals surface area contributed by atoms with Gasteiger partial charge >= 0.3 is 0 Å². The van der Waals surface area contributed by atoms with Gasteiger partial charge in [0.05, 0.1) is 6.20 Å². The number of nitrogens with one attached hydrogen (secondary N) is 3. The summed E-state index contributed by atoms with van der Waals surface area (Å²) in [6.07, 6.45) is 4.55. The zero-order valence-electron chi connectivity index (χ0n) is 20.1. The molecule has 3 aromatic rings. The number of piperidine rings is 1. The molecule has 0 aliphatic carbocycles. The Hall–Kier alpha value is -3.25. The number of aryl methyl sites for hydroxylation is 2. The second-order valence-electron chi connectivity index (χ2n) is 9.35. The maximum Gasteiger partial charge on any atom is 0.276 e. The Labute approximate surface area is 220 Å². The lowest BCUT2D eigenvalue weighted by Crippen LogP contribution is -2.42. The molecule has 1 amide bonds. The van der Waals surface area contributed by atoms with Gasteiger partial charge in [0.2, 0.25) is 11.9 Å². The highest BCUT2D eigenvalue weighted by molar-refractivity contribution is 7.86. The highest BCUT2D eigenvalue weighted by atomic mass is 35.5. The molecule has 12 heteroatoms. The highest BCUT2D eigenvalue weighted by Gasteiger charge is 2.27. The van der Waals surface area contributed by atoms with E-state index < -0.39 is 10.2 Å². The number of hydrogen-bond donors (Lipinski definition) is 4. The molecule has 2 aromatic carbocycles. The third-order valence-electron chi connectivity index (χ3n) is 6.66. The molecule has 1 fully saturated rings. The van der Waals surface area contributed by atoms with Crippen molar-refractivity contribution in [3.05, 3.63) is 64.8 Å². The van der Waals surface area contributed by atoms with Crippen LogP contribution in [0.15, 0.2) is 48.7 Å². The number of amides is 1. The Kier molecular flexibility index (Phi) is 7.29. The number of rotatable bonds is 4. The van der Waals surface area contributed by atoms with E-state index in [1.54, 1.807) is 6.20 Å². The van der Waals surface area contributed by atoms with Crippen molar-refractivity contribution in [3.63, 3.8) is 0 Å². The van der Waals surface area contributed by atoms with Crippen LogP contribution >= 0.6 is 11.6 Å². The van der Waals surface area contributed by atoms with Crippen LogP contribution in [0.1, 0.15) is 30.4 Å². The summed E-state index contributed by atoms with van der Waals surface area (Å²) in [5.74, 6) is 0.919. The summed E-state index contributed by atoms with van der Waals surface area (Å²) >= 11 is 6.34. The minimum atomic E-state index is -3.68. The molecule has 5 N–H and O–H groups in total. The van der Waals surface area contributed by atoms with Gasteiger partial charge in [0.1, 0.15) is 5.02 Å². The second-order valence-corrected chi connectivity index (χ2v) is 11.3. The topological polar surface area (TPSA) is 142 Å². The molecule has 194 valence electrons. The third-order valence-corrected chi connectivity index (χ3v) is 8.02. The van der Waals surface area contributed by atoms with Crippen LogP contribution < -0.4 is 21.1 Å². The average molecular weight is 542 g/mol. The van der Waals surface area contributed by atoms with Crippen LogP contribution in [0, 0.1) is 5.92 Å². The molecule has 0 atom stereocenters. The summed E-state index contributed by atoms with van der Waals surface area (Å²) in [7, 11) is -3.68. The van der Waals surface area contributed by atoms with Gasteiger partial charge < -0.3 is 16.0 Å². The van der Waals surface area contributed by atoms with Crippen molar-refractivity contribution in [2.45, 2.75) is 32.1 Å². The number of fused-ring (bicyclic) bond motifs is 6. The van der Waals surface area contributed by atoms with Crippen LogP contribution in [-0.2, 0) is 27.8 Å². The van der Waals surface area contributed by atoms with E-state index in [0.717, 1.165) is 34.6 Å². The largest absolute Gasteiger partial charge is 0.339 e. The number of nitrogens with two attached hydrogens (primary N) is 1. The van der Waals surface area contributed by atoms with Crippen LogP contribution in [0.3, 0.4) is 0 Å². The van der Waals surface area contributed by atoms with Crippen molar-refractivity contribution in [2.75, 3.05) is 29.0 Å². The van der Waals surface area contributed by atoms with E-state index in [0.29, 0.717) is 55.6 Å². The standard InChI is InChI=1S/C25H28ClN7O3S/c26-21-15-28-25-30-19-3-1-2-16(12-19)4-5-18-14-20(29-24(21)32-25)6-7-22(18)31-23(34)13-17-8-10-33(11-9-17)37(27,35)36/h1-3,6-7,12,14-15,17H,4-5,8-11,13H2,(H,31,34)(H2,27,35,36)(H2,28,29,30,32). The van der Waals surface area contributed by atoms with Gasteiger partial charge in [-0.1, -0.05) is 23.7 Å². The molecule has 1 aromatic heterocycles. The van der Waals surface area contributed by atoms with Crippen molar-refractivity contribution >= 4 is 56.5 Å². The quantitative estimate of drug-likeness (QED) is 0.391. The molecular weight excluding hydrogens is 514 g/mol. The molecule has 37 heavy (non-hydrogen) atoms. The third kappa shape index (κ3) is 6.37.